The van der Waals surface area contributed by atoms with Crippen LogP contribution in [0.25, 0.3) is 11.1 Å². The zero-order valence-electron chi connectivity index (χ0n) is 48.1. The van der Waals surface area contributed by atoms with Gasteiger partial charge in [0, 0.05) is 68.8 Å². The molecule has 0 aromatic heterocycles. The van der Waals surface area contributed by atoms with Gasteiger partial charge >= 0.3 is 24.5 Å². The summed E-state index contributed by atoms with van der Waals surface area (Å²) in [7, 11) is 2.76. The standard InChI is InChI=1S/C57H82N4O16/c1-33(35(3)62)26-43(64)42-29-36-21-23-45(72-52(70)76-56(10,11)12)40(28-36)41-31-37(22-24-46(41)73-53(71)77-57(13,14)15)47(44(65)27-34(2)48(66)59-42)61(17)49(67)38(20-18-19-25-58-50(68)74-54(4,5)6)30-39(63)32-60(16)51(69)75-55(7,8)9/h21-24,28,31,33-34,38,42,47H,18-20,25-27,29-30,32H2,1-17H3,(H,58,68)(H,59,66)/t33-,34-,38-,42+,47+/m1/s1. The maximum Gasteiger partial charge on any atom is 0.514 e. The third-order valence-corrected chi connectivity index (χ3v) is 11.7. The van der Waals surface area contributed by atoms with Crippen LogP contribution < -0.4 is 20.1 Å². The summed E-state index contributed by atoms with van der Waals surface area (Å²) in [4.78, 5) is 139. The second-order valence-corrected chi connectivity index (χ2v) is 23.8. The summed E-state index contributed by atoms with van der Waals surface area (Å²) in [6.45, 7) is 24.2. The molecule has 77 heavy (non-hydrogen) atoms. The van der Waals surface area contributed by atoms with Crippen molar-refractivity contribution in [1.29, 1.82) is 0 Å². The Labute approximate surface area is 453 Å². The molecular formula is C57H82N4O16. The number of fused-ring (bicyclic) bond motifs is 5. The maximum absolute atomic E-state index is 15.1. The molecule has 5 atom stereocenters. The van der Waals surface area contributed by atoms with E-state index < -0.39 is 119 Å². The third kappa shape index (κ3) is 22.0. The quantitative estimate of drug-likeness (QED) is 0.0647. The number of hydrogen-bond acceptors (Lipinski definition) is 16. The molecule has 0 saturated carbocycles. The third-order valence-electron chi connectivity index (χ3n) is 11.7. The lowest BCUT2D eigenvalue weighted by Gasteiger charge is -2.32. The van der Waals surface area contributed by atoms with Crippen LogP contribution in [0.4, 0.5) is 19.2 Å². The lowest BCUT2D eigenvalue weighted by molar-refractivity contribution is -0.144. The van der Waals surface area contributed by atoms with Crippen molar-refractivity contribution in [2.45, 2.75) is 183 Å². The van der Waals surface area contributed by atoms with Gasteiger partial charge in [0.05, 0.1) is 12.6 Å². The van der Waals surface area contributed by atoms with E-state index in [9.17, 15) is 38.4 Å². The zero-order chi connectivity index (χ0) is 58.5. The topological polar surface area (TPSA) is 257 Å². The van der Waals surface area contributed by atoms with Gasteiger partial charge in [-0.1, -0.05) is 32.4 Å². The summed E-state index contributed by atoms with van der Waals surface area (Å²) in [6, 6.07) is 6.13. The number of ketones is 4. The molecule has 4 bridgehead atoms. The fraction of sp³-hybridized carbons (Fsp3) is 0.614. The minimum atomic E-state index is -1.50. The monoisotopic (exact) mass is 1080 g/mol. The highest BCUT2D eigenvalue weighted by atomic mass is 16.7. The number of likely N-dealkylation sites (N-methyl/N-ethyl adjacent to an activating group) is 2. The number of ether oxygens (including phenoxy) is 6. The molecule has 1 aliphatic rings. The van der Waals surface area contributed by atoms with E-state index in [2.05, 4.69) is 10.6 Å². The number of hydrogen-bond donors (Lipinski definition) is 2. The number of unbranched alkanes of at least 4 members (excludes halogenated alkanes) is 1. The van der Waals surface area contributed by atoms with Crippen molar-refractivity contribution >= 4 is 59.4 Å². The predicted molar refractivity (Wildman–Crippen MR) is 285 cm³/mol. The van der Waals surface area contributed by atoms with Crippen molar-refractivity contribution in [3.63, 3.8) is 0 Å². The first-order valence-electron chi connectivity index (χ1n) is 26.0. The Morgan fingerprint density at radius 3 is 1.77 bits per heavy atom. The Bertz CT molecular complexity index is 2510. The minimum absolute atomic E-state index is 0.0593. The number of nitrogens with one attached hydrogen (secondary N) is 2. The van der Waals surface area contributed by atoms with Crippen LogP contribution in [0, 0.1) is 17.8 Å². The summed E-state index contributed by atoms with van der Waals surface area (Å²) in [5, 5.41) is 5.48. The Morgan fingerprint density at radius 2 is 1.23 bits per heavy atom. The second-order valence-electron chi connectivity index (χ2n) is 23.8. The van der Waals surface area contributed by atoms with Gasteiger partial charge in [0.2, 0.25) is 11.8 Å². The van der Waals surface area contributed by atoms with Crippen molar-refractivity contribution in [2.24, 2.45) is 17.8 Å². The van der Waals surface area contributed by atoms with Crippen molar-refractivity contribution < 1.29 is 76.4 Å². The molecule has 0 spiro atoms. The van der Waals surface area contributed by atoms with Gasteiger partial charge in [-0.15, -0.1) is 0 Å². The van der Waals surface area contributed by atoms with Crippen LogP contribution in [0.15, 0.2) is 36.4 Å². The van der Waals surface area contributed by atoms with Gasteiger partial charge in [0.25, 0.3) is 0 Å². The minimum Gasteiger partial charge on any atom is -0.444 e. The van der Waals surface area contributed by atoms with E-state index in [1.54, 1.807) is 102 Å². The number of carbonyl (C=O) groups excluding carboxylic acids is 10. The van der Waals surface area contributed by atoms with Crippen LogP contribution in [0.2, 0.25) is 0 Å². The molecule has 0 fully saturated rings. The Balaban J connectivity index is 2.34. The Morgan fingerprint density at radius 1 is 0.701 bits per heavy atom. The number of amides is 4. The van der Waals surface area contributed by atoms with Crippen molar-refractivity contribution in [3.05, 3.63) is 47.5 Å². The van der Waals surface area contributed by atoms with E-state index in [0.717, 1.165) is 4.90 Å². The summed E-state index contributed by atoms with van der Waals surface area (Å²) >= 11 is 0. The molecule has 426 valence electrons. The van der Waals surface area contributed by atoms with E-state index >= 15 is 9.59 Å². The van der Waals surface area contributed by atoms with E-state index in [0.29, 0.717) is 18.4 Å². The molecule has 0 aliphatic carbocycles. The average molecular weight is 1080 g/mol. The zero-order valence-corrected chi connectivity index (χ0v) is 48.1. The highest BCUT2D eigenvalue weighted by Crippen LogP contribution is 2.41. The Kier molecular flexibility index (Phi) is 22.6. The fourth-order valence-electron chi connectivity index (χ4n) is 8.01. The summed E-state index contributed by atoms with van der Waals surface area (Å²) in [5.74, 6) is -6.29. The van der Waals surface area contributed by atoms with E-state index in [-0.39, 0.29) is 66.2 Å². The first kappa shape index (κ1) is 64.4. The molecule has 1 heterocycles. The highest BCUT2D eigenvalue weighted by Gasteiger charge is 2.37. The molecule has 20 heteroatoms. The van der Waals surface area contributed by atoms with Crippen molar-refractivity contribution in [2.75, 3.05) is 27.2 Å². The van der Waals surface area contributed by atoms with E-state index in [1.807, 2.05) is 0 Å². The van der Waals surface area contributed by atoms with Gasteiger partial charge in [-0.25, -0.2) is 19.2 Å². The summed E-state index contributed by atoms with van der Waals surface area (Å²) in [6.07, 6.45) is -4.03. The lowest BCUT2D eigenvalue weighted by Crippen LogP contribution is -2.46. The number of benzene rings is 2. The molecule has 2 N–H and O–H groups in total. The van der Waals surface area contributed by atoms with Gasteiger partial charge in [-0.3, -0.25) is 28.8 Å². The largest absolute Gasteiger partial charge is 0.514 e. The number of rotatable bonds is 17. The molecule has 0 radical (unpaired) electrons. The van der Waals surface area contributed by atoms with Gasteiger partial charge < -0.3 is 48.9 Å². The molecule has 0 unspecified atom stereocenters. The molecular weight excluding hydrogens is 997 g/mol. The van der Waals surface area contributed by atoms with Crippen molar-refractivity contribution in [1.82, 2.24) is 20.4 Å². The SMILES string of the molecule is CC(=O)[C@H](C)CC(=O)[C@@H]1Cc2ccc(OC(=O)OC(C)(C)C)c(c2)-c2cc(ccc2OC(=O)OC(C)(C)C)[C@H](N(C)C(=O)[C@H](CCCCNC(=O)OC(C)(C)C)CC(=O)CN(C)C(=O)OC(C)(C)C)C(=O)C[C@@H](C)C(=O)N1. The number of nitrogens with zero attached hydrogens (tertiary/aromatic N) is 2. The first-order valence-corrected chi connectivity index (χ1v) is 26.0. The smallest absolute Gasteiger partial charge is 0.444 e. The molecule has 0 saturated heterocycles. The van der Waals surface area contributed by atoms with Crippen LogP contribution >= 0.6 is 0 Å². The lowest BCUT2D eigenvalue weighted by atomic mass is 9.87. The molecule has 2 aromatic rings. The molecule has 3 rings (SSSR count). The maximum atomic E-state index is 15.1. The summed E-state index contributed by atoms with van der Waals surface area (Å²) in [5.41, 5.74) is -2.87. The number of carbonyl (C=O) groups is 10. The van der Waals surface area contributed by atoms with Crippen LogP contribution in [0.3, 0.4) is 0 Å². The first-order chi connectivity index (χ1) is 35.3. The number of alkyl carbamates (subject to hydrolysis) is 1. The van der Waals surface area contributed by atoms with Crippen molar-refractivity contribution in [3.8, 4) is 22.6 Å². The summed E-state index contributed by atoms with van der Waals surface area (Å²) < 4.78 is 33.5. The molecule has 20 nitrogen and oxygen atoms in total. The number of Topliss-reactive ketones (excluding diaryl/α,β-unsaturated/α-hetero) is 4. The Hall–Kier alpha value is -6.86. The van der Waals surface area contributed by atoms with Gasteiger partial charge in [-0.05, 0) is 145 Å². The van der Waals surface area contributed by atoms with Gasteiger partial charge in [0.15, 0.2) is 17.3 Å². The molecule has 1 aliphatic heterocycles. The van der Waals surface area contributed by atoms with Crippen LogP contribution in [-0.2, 0) is 54.1 Å². The fourth-order valence-corrected chi connectivity index (χ4v) is 8.01. The van der Waals surface area contributed by atoms with E-state index in [4.69, 9.17) is 28.4 Å². The van der Waals surface area contributed by atoms with Crippen LogP contribution in [0.5, 0.6) is 11.5 Å². The molecule has 4 amide bonds. The average Bonchev–Trinajstić information content (AvgIpc) is 3.26. The normalized spacial score (nSPS) is 17.0. The predicted octanol–water partition coefficient (Wildman–Crippen LogP) is 9.44. The van der Waals surface area contributed by atoms with E-state index in [1.165, 1.54) is 57.1 Å². The molecule has 2 aromatic carbocycles. The highest BCUT2D eigenvalue weighted by molar-refractivity contribution is 5.97. The van der Waals surface area contributed by atoms with Crippen LogP contribution in [0.1, 0.15) is 160 Å². The van der Waals surface area contributed by atoms with Gasteiger partial charge in [0.1, 0.15) is 45.7 Å². The second kappa shape index (κ2) is 27.0. The van der Waals surface area contributed by atoms with Gasteiger partial charge in [-0.2, -0.15) is 0 Å². The van der Waals surface area contributed by atoms with Crippen LogP contribution in [-0.4, -0.2) is 125 Å².